The predicted molar refractivity (Wildman–Crippen MR) is 63.0 cm³/mol. The molecule has 0 spiro atoms. The molecule has 84 valence electrons. The van der Waals surface area contributed by atoms with Gasteiger partial charge in [0, 0.05) is 12.7 Å². The average molecular weight is 216 g/mol. The number of rotatable bonds is 4. The van der Waals surface area contributed by atoms with Gasteiger partial charge in [-0.3, -0.25) is 4.68 Å². The van der Waals surface area contributed by atoms with Crippen LogP contribution in [0.1, 0.15) is 24.3 Å². The van der Waals surface area contributed by atoms with Gasteiger partial charge in [0.25, 0.3) is 0 Å². The summed E-state index contributed by atoms with van der Waals surface area (Å²) in [4.78, 5) is 0. The van der Waals surface area contributed by atoms with Crippen LogP contribution in [-0.2, 0) is 13.0 Å². The molecule has 0 radical (unpaired) electrons. The topological polar surface area (TPSA) is 38.1 Å². The van der Waals surface area contributed by atoms with E-state index in [4.69, 9.17) is 0 Å². The maximum Gasteiger partial charge on any atom is 0.0928 e. The van der Waals surface area contributed by atoms with Gasteiger partial charge in [0.1, 0.15) is 0 Å². The molecule has 0 amide bonds. The predicted octanol–water partition coefficient (Wildman–Crippen LogP) is 2.18. The van der Waals surface area contributed by atoms with Crippen LogP contribution in [0.25, 0.3) is 0 Å². The molecule has 0 aliphatic heterocycles. The van der Waals surface area contributed by atoms with Crippen molar-refractivity contribution in [3.8, 4) is 0 Å². The molecule has 0 bridgehead atoms. The zero-order valence-corrected chi connectivity index (χ0v) is 9.37. The fourth-order valence-corrected chi connectivity index (χ4v) is 1.76. The molecular formula is C13H16N2O. The van der Waals surface area contributed by atoms with Crippen LogP contribution in [0.2, 0.25) is 0 Å². The van der Waals surface area contributed by atoms with E-state index >= 15 is 0 Å². The van der Waals surface area contributed by atoms with E-state index in [1.165, 1.54) is 5.56 Å². The Morgan fingerprint density at radius 2 is 2.00 bits per heavy atom. The molecule has 0 saturated carbocycles. The van der Waals surface area contributed by atoms with Gasteiger partial charge < -0.3 is 5.11 Å². The molecule has 1 N–H and O–H groups in total. The Bertz CT molecular complexity index is 434. The highest BCUT2D eigenvalue weighted by atomic mass is 16.3. The standard InChI is InChI=1S/C13H16N2O/c1-11(16)13-7-9-14-15(13)10-8-12-5-3-2-4-6-12/h2-7,9,11,16H,8,10H2,1H3/t11-/m1/s1. The van der Waals surface area contributed by atoms with Gasteiger partial charge in [-0.2, -0.15) is 5.10 Å². The van der Waals surface area contributed by atoms with E-state index in [1.807, 2.05) is 28.9 Å². The number of aryl methyl sites for hydroxylation is 2. The SMILES string of the molecule is C[C@@H](O)c1ccnn1CCc1ccccc1. The Labute approximate surface area is 95.3 Å². The molecule has 0 aliphatic carbocycles. The fraction of sp³-hybridized carbons (Fsp3) is 0.308. The van der Waals surface area contributed by atoms with E-state index in [0.29, 0.717) is 0 Å². The fourth-order valence-electron chi connectivity index (χ4n) is 1.76. The molecule has 3 nitrogen and oxygen atoms in total. The molecule has 3 heteroatoms. The van der Waals surface area contributed by atoms with E-state index in [9.17, 15) is 5.11 Å². The van der Waals surface area contributed by atoms with Crippen molar-refractivity contribution >= 4 is 0 Å². The van der Waals surface area contributed by atoms with Gasteiger partial charge in [-0.05, 0) is 25.0 Å². The Kier molecular flexibility index (Phi) is 3.37. The van der Waals surface area contributed by atoms with E-state index in [2.05, 4.69) is 17.2 Å². The second-order valence-electron chi connectivity index (χ2n) is 3.89. The number of aromatic nitrogens is 2. The number of nitrogens with zero attached hydrogens (tertiary/aromatic N) is 2. The molecule has 2 rings (SSSR count). The zero-order chi connectivity index (χ0) is 11.4. The van der Waals surface area contributed by atoms with Crippen LogP contribution in [-0.4, -0.2) is 14.9 Å². The average Bonchev–Trinajstić information content (AvgIpc) is 2.76. The normalized spacial score (nSPS) is 12.6. The Morgan fingerprint density at radius 3 is 2.69 bits per heavy atom. The summed E-state index contributed by atoms with van der Waals surface area (Å²) in [7, 11) is 0. The number of hydrogen-bond donors (Lipinski definition) is 1. The second-order valence-corrected chi connectivity index (χ2v) is 3.89. The third-order valence-corrected chi connectivity index (χ3v) is 2.63. The van der Waals surface area contributed by atoms with E-state index in [1.54, 1.807) is 13.1 Å². The quantitative estimate of drug-likeness (QED) is 0.850. The molecule has 2 aromatic rings. The summed E-state index contributed by atoms with van der Waals surface area (Å²) < 4.78 is 1.86. The summed E-state index contributed by atoms with van der Waals surface area (Å²) in [5.41, 5.74) is 2.16. The molecule has 16 heavy (non-hydrogen) atoms. The van der Waals surface area contributed by atoms with Crippen LogP contribution in [0.5, 0.6) is 0 Å². The number of hydrogen-bond acceptors (Lipinski definition) is 2. The van der Waals surface area contributed by atoms with Gasteiger partial charge in [-0.15, -0.1) is 0 Å². The number of benzene rings is 1. The molecule has 0 fully saturated rings. The molecule has 0 unspecified atom stereocenters. The minimum atomic E-state index is -0.460. The van der Waals surface area contributed by atoms with E-state index < -0.39 is 6.10 Å². The van der Waals surface area contributed by atoms with Crippen molar-refractivity contribution in [1.29, 1.82) is 0 Å². The molecule has 1 aromatic heterocycles. The molecule has 1 atom stereocenters. The lowest BCUT2D eigenvalue weighted by Gasteiger charge is -2.09. The first-order valence-electron chi connectivity index (χ1n) is 5.51. The van der Waals surface area contributed by atoms with Gasteiger partial charge in [-0.25, -0.2) is 0 Å². The molecule has 1 heterocycles. The number of aliphatic hydroxyl groups is 1. The molecule has 0 aliphatic rings. The first-order chi connectivity index (χ1) is 7.77. The number of aliphatic hydroxyl groups excluding tert-OH is 1. The smallest absolute Gasteiger partial charge is 0.0928 e. The van der Waals surface area contributed by atoms with Crippen LogP contribution in [0.15, 0.2) is 42.6 Å². The van der Waals surface area contributed by atoms with E-state index in [0.717, 1.165) is 18.7 Å². The van der Waals surface area contributed by atoms with Crippen LogP contribution in [0.3, 0.4) is 0 Å². The van der Waals surface area contributed by atoms with Gasteiger partial charge in [0.2, 0.25) is 0 Å². The molecular weight excluding hydrogens is 200 g/mol. The van der Waals surface area contributed by atoms with Crippen molar-refractivity contribution < 1.29 is 5.11 Å². The van der Waals surface area contributed by atoms with Crippen molar-refractivity contribution in [2.24, 2.45) is 0 Å². The second kappa shape index (κ2) is 4.94. The largest absolute Gasteiger partial charge is 0.387 e. The summed E-state index contributed by atoms with van der Waals surface area (Å²) in [6.45, 7) is 2.56. The van der Waals surface area contributed by atoms with Crippen molar-refractivity contribution in [1.82, 2.24) is 9.78 Å². The zero-order valence-electron chi connectivity index (χ0n) is 9.37. The highest BCUT2D eigenvalue weighted by molar-refractivity contribution is 5.15. The van der Waals surface area contributed by atoms with Gasteiger partial charge in [0.05, 0.1) is 11.8 Å². The monoisotopic (exact) mass is 216 g/mol. The Hall–Kier alpha value is -1.61. The van der Waals surface area contributed by atoms with Crippen LogP contribution >= 0.6 is 0 Å². The lowest BCUT2D eigenvalue weighted by molar-refractivity contribution is 0.187. The summed E-state index contributed by atoms with van der Waals surface area (Å²) in [6, 6.07) is 12.1. The third-order valence-electron chi connectivity index (χ3n) is 2.63. The Balaban J connectivity index is 2.02. The van der Waals surface area contributed by atoms with Crippen molar-refractivity contribution in [3.05, 3.63) is 53.9 Å². The minimum Gasteiger partial charge on any atom is -0.387 e. The van der Waals surface area contributed by atoms with Crippen LogP contribution in [0.4, 0.5) is 0 Å². The van der Waals surface area contributed by atoms with Gasteiger partial charge in [0.15, 0.2) is 0 Å². The maximum atomic E-state index is 9.53. The molecule has 0 saturated heterocycles. The van der Waals surface area contributed by atoms with Crippen LogP contribution < -0.4 is 0 Å². The van der Waals surface area contributed by atoms with Gasteiger partial charge >= 0.3 is 0 Å². The summed E-state index contributed by atoms with van der Waals surface area (Å²) in [5.74, 6) is 0. The van der Waals surface area contributed by atoms with E-state index in [-0.39, 0.29) is 0 Å². The first-order valence-corrected chi connectivity index (χ1v) is 5.51. The highest BCUT2D eigenvalue weighted by Crippen LogP contribution is 2.11. The van der Waals surface area contributed by atoms with Crippen molar-refractivity contribution in [3.63, 3.8) is 0 Å². The highest BCUT2D eigenvalue weighted by Gasteiger charge is 2.07. The van der Waals surface area contributed by atoms with Crippen LogP contribution in [0, 0.1) is 0 Å². The van der Waals surface area contributed by atoms with Crippen molar-refractivity contribution in [2.45, 2.75) is 26.0 Å². The lowest BCUT2D eigenvalue weighted by Crippen LogP contribution is -2.09. The lowest BCUT2D eigenvalue weighted by atomic mass is 10.1. The minimum absolute atomic E-state index is 0.460. The molecule has 1 aromatic carbocycles. The van der Waals surface area contributed by atoms with Gasteiger partial charge in [-0.1, -0.05) is 30.3 Å². The summed E-state index contributed by atoms with van der Waals surface area (Å²) in [5, 5.41) is 13.7. The third kappa shape index (κ3) is 2.49. The maximum absolute atomic E-state index is 9.53. The summed E-state index contributed by atoms with van der Waals surface area (Å²) >= 11 is 0. The first kappa shape index (κ1) is 10.9. The van der Waals surface area contributed by atoms with Crippen molar-refractivity contribution in [2.75, 3.05) is 0 Å². The Morgan fingerprint density at radius 1 is 1.25 bits per heavy atom. The summed E-state index contributed by atoms with van der Waals surface area (Å²) in [6.07, 6.45) is 2.20.